The molecule has 20 heavy (non-hydrogen) atoms. The largest absolute Gasteiger partial charge is 0.394 e. The minimum Gasteiger partial charge on any atom is -0.394 e. The average molecular weight is 275 g/mol. The number of nitrogens with zero attached hydrogens (tertiary/aromatic N) is 2. The molecule has 0 aliphatic carbocycles. The van der Waals surface area contributed by atoms with Gasteiger partial charge in [-0.1, -0.05) is 18.2 Å². The van der Waals surface area contributed by atoms with Crippen molar-refractivity contribution in [2.45, 2.75) is 19.1 Å². The Morgan fingerprint density at radius 2 is 2.35 bits per heavy atom. The zero-order chi connectivity index (χ0) is 14.1. The molecule has 3 rings (SSSR count). The van der Waals surface area contributed by atoms with Gasteiger partial charge in [0.15, 0.2) is 5.69 Å². The van der Waals surface area contributed by atoms with Crippen molar-refractivity contribution in [3.63, 3.8) is 0 Å². The van der Waals surface area contributed by atoms with Gasteiger partial charge in [-0.25, -0.2) is 0 Å². The Labute approximate surface area is 116 Å². The van der Waals surface area contributed by atoms with Gasteiger partial charge in [0, 0.05) is 11.9 Å². The third-order valence-corrected chi connectivity index (χ3v) is 3.64. The van der Waals surface area contributed by atoms with E-state index in [1.807, 2.05) is 31.2 Å². The molecule has 2 aromatic rings. The van der Waals surface area contributed by atoms with E-state index in [-0.39, 0.29) is 24.7 Å². The summed E-state index contributed by atoms with van der Waals surface area (Å²) >= 11 is 0. The molecule has 106 valence electrons. The Balaban J connectivity index is 1.91. The van der Waals surface area contributed by atoms with E-state index in [0.29, 0.717) is 18.8 Å². The fraction of sp³-hybridized carbons (Fsp3) is 0.429. The molecule has 2 N–H and O–H groups in total. The number of benzene rings is 1. The molecule has 1 saturated heterocycles. The van der Waals surface area contributed by atoms with Crippen LogP contribution in [-0.2, 0) is 4.74 Å². The number of para-hydroxylation sites is 1. The summed E-state index contributed by atoms with van der Waals surface area (Å²) in [5, 5.41) is 17.0. The molecule has 2 heterocycles. The number of ether oxygens (including phenoxy) is 1. The number of carbonyl (C=O) groups excluding carboxylic acids is 1. The Kier molecular flexibility index (Phi) is 3.42. The van der Waals surface area contributed by atoms with E-state index < -0.39 is 0 Å². The summed E-state index contributed by atoms with van der Waals surface area (Å²) in [5.41, 5.74) is 1.27. The molecule has 0 saturated carbocycles. The molecule has 1 fully saturated rings. The zero-order valence-electron chi connectivity index (χ0n) is 11.2. The van der Waals surface area contributed by atoms with Crippen LogP contribution >= 0.6 is 0 Å². The highest BCUT2D eigenvalue weighted by Crippen LogP contribution is 2.20. The van der Waals surface area contributed by atoms with Gasteiger partial charge in [0.05, 0.1) is 30.9 Å². The monoisotopic (exact) mass is 275 g/mol. The molecule has 2 atom stereocenters. The Morgan fingerprint density at radius 3 is 3.15 bits per heavy atom. The van der Waals surface area contributed by atoms with Crippen molar-refractivity contribution in [3.8, 4) is 0 Å². The molecule has 6 nitrogen and oxygen atoms in total. The van der Waals surface area contributed by atoms with Gasteiger partial charge in [-0.05, 0) is 13.0 Å². The number of aliphatic hydroxyl groups excluding tert-OH is 1. The second kappa shape index (κ2) is 5.22. The van der Waals surface area contributed by atoms with Crippen LogP contribution < -0.4 is 0 Å². The lowest BCUT2D eigenvalue weighted by Crippen LogP contribution is -2.52. The number of aromatic amines is 1. The topological polar surface area (TPSA) is 78.5 Å². The van der Waals surface area contributed by atoms with E-state index in [0.717, 1.165) is 10.9 Å². The van der Waals surface area contributed by atoms with Crippen LogP contribution in [-0.4, -0.2) is 58.0 Å². The van der Waals surface area contributed by atoms with E-state index in [2.05, 4.69) is 10.2 Å². The molecule has 1 aliphatic heterocycles. The summed E-state index contributed by atoms with van der Waals surface area (Å²) in [6.45, 7) is 2.66. The van der Waals surface area contributed by atoms with Crippen molar-refractivity contribution < 1.29 is 14.6 Å². The van der Waals surface area contributed by atoms with Gasteiger partial charge >= 0.3 is 0 Å². The molecule has 1 amide bonds. The zero-order valence-corrected chi connectivity index (χ0v) is 11.2. The number of nitrogens with one attached hydrogen (secondary N) is 1. The van der Waals surface area contributed by atoms with Gasteiger partial charge in [-0.3, -0.25) is 9.89 Å². The van der Waals surface area contributed by atoms with E-state index in [9.17, 15) is 9.90 Å². The molecule has 1 aromatic carbocycles. The molecule has 0 spiro atoms. The highest BCUT2D eigenvalue weighted by atomic mass is 16.5. The molecular weight excluding hydrogens is 258 g/mol. The fourth-order valence-corrected chi connectivity index (χ4v) is 2.47. The van der Waals surface area contributed by atoms with Crippen LogP contribution in [0.4, 0.5) is 0 Å². The van der Waals surface area contributed by atoms with Crippen LogP contribution in [0, 0.1) is 0 Å². The quantitative estimate of drug-likeness (QED) is 0.849. The number of H-pyrrole nitrogens is 1. The summed E-state index contributed by atoms with van der Waals surface area (Å²) < 4.78 is 5.45. The minimum absolute atomic E-state index is 0.0271. The minimum atomic E-state index is -0.319. The second-order valence-electron chi connectivity index (χ2n) is 5.06. The number of hydrogen-bond acceptors (Lipinski definition) is 4. The second-order valence-corrected chi connectivity index (χ2v) is 5.06. The highest BCUT2D eigenvalue weighted by molar-refractivity contribution is 6.04. The Bertz CT molecular complexity index is 625. The van der Waals surface area contributed by atoms with E-state index in [1.165, 1.54) is 0 Å². The van der Waals surface area contributed by atoms with Crippen LogP contribution in [0.3, 0.4) is 0 Å². The molecule has 1 aliphatic rings. The normalized spacial score (nSPS) is 23.2. The van der Waals surface area contributed by atoms with Crippen molar-refractivity contribution in [3.05, 3.63) is 30.0 Å². The number of morpholine rings is 1. The summed E-state index contributed by atoms with van der Waals surface area (Å²) in [5.74, 6) is -0.128. The number of fused-ring (bicyclic) bond motifs is 1. The summed E-state index contributed by atoms with van der Waals surface area (Å²) in [7, 11) is 0. The number of amides is 1. The maximum absolute atomic E-state index is 12.7. The standard InChI is InChI=1S/C14H17N3O3/c1-9-8-20-10(7-18)6-17(9)14(19)13-11-4-2-3-5-12(11)15-16-13/h2-5,9-10,18H,6-8H2,1H3,(H,15,16). The van der Waals surface area contributed by atoms with Crippen molar-refractivity contribution in [2.24, 2.45) is 0 Å². The smallest absolute Gasteiger partial charge is 0.275 e. The van der Waals surface area contributed by atoms with Gasteiger partial charge in [0.2, 0.25) is 0 Å². The summed E-state index contributed by atoms with van der Waals surface area (Å²) in [6.07, 6.45) is -0.319. The lowest BCUT2D eigenvalue weighted by Gasteiger charge is -2.37. The number of hydrogen-bond donors (Lipinski definition) is 2. The Morgan fingerprint density at radius 1 is 1.55 bits per heavy atom. The van der Waals surface area contributed by atoms with Crippen molar-refractivity contribution in [2.75, 3.05) is 19.8 Å². The van der Waals surface area contributed by atoms with Crippen molar-refractivity contribution in [1.82, 2.24) is 15.1 Å². The van der Waals surface area contributed by atoms with Crippen LogP contribution in [0.1, 0.15) is 17.4 Å². The molecule has 0 radical (unpaired) electrons. The Hall–Kier alpha value is -1.92. The third kappa shape index (κ3) is 2.17. The predicted octanol–water partition coefficient (Wildman–Crippen LogP) is 0.785. The van der Waals surface area contributed by atoms with Crippen LogP contribution in [0.2, 0.25) is 0 Å². The maximum Gasteiger partial charge on any atom is 0.275 e. The number of aliphatic hydroxyl groups is 1. The van der Waals surface area contributed by atoms with Crippen LogP contribution in [0.25, 0.3) is 10.9 Å². The molecule has 1 aromatic heterocycles. The first kappa shape index (κ1) is 13.1. The SMILES string of the molecule is CC1COC(CO)CN1C(=O)c1n[nH]c2ccccc12. The summed E-state index contributed by atoms with van der Waals surface area (Å²) in [4.78, 5) is 14.4. The predicted molar refractivity (Wildman–Crippen MR) is 73.4 cm³/mol. The molecular formula is C14H17N3O3. The maximum atomic E-state index is 12.7. The van der Waals surface area contributed by atoms with E-state index in [1.54, 1.807) is 4.90 Å². The first-order valence-electron chi connectivity index (χ1n) is 6.67. The van der Waals surface area contributed by atoms with E-state index in [4.69, 9.17) is 4.74 Å². The highest BCUT2D eigenvalue weighted by Gasteiger charge is 2.31. The van der Waals surface area contributed by atoms with Crippen LogP contribution in [0.15, 0.2) is 24.3 Å². The third-order valence-electron chi connectivity index (χ3n) is 3.64. The lowest BCUT2D eigenvalue weighted by molar-refractivity contribution is -0.0668. The number of rotatable bonds is 2. The van der Waals surface area contributed by atoms with Crippen molar-refractivity contribution >= 4 is 16.8 Å². The van der Waals surface area contributed by atoms with Gasteiger partial charge in [-0.2, -0.15) is 5.10 Å². The first-order valence-corrected chi connectivity index (χ1v) is 6.67. The fourth-order valence-electron chi connectivity index (χ4n) is 2.47. The molecule has 0 bridgehead atoms. The van der Waals surface area contributed by atoms with Gasteiger partial charge in [0.1, 0.15) is 0 Å². The van der Waals surface area contributed by atoms with Gasteiger partial charge in [-0.15, -0.1) is 0 Å². The molecule has 6 heteroatoms. The van der Waals surface area contributed by atoms with E-state index >= 15 is 0 Å². The van der Waals surface area contributed by atoms with Crippen molar-refractivity contribution in [1.29, 1.82) is 0 Å². The average Bonchev–Trinajstić information content (AvgIpc) is 2.91. The van der Waals surface area contributed by atoms with Gasteiger partial charge < -0.3 is 14.7 Å². The van der Waals surface area contributed by atoms with Crippen LogP contribution in [0.5, 0.6) is 0 Å². The number of carbonyl (C=O) groups is 1. The van der Waals surface area contributed by atoms with Gasteiger partial charge in [0.25, 0.3) is 5.91 Å². The molecule has 2 unspecified atom stereocenters. The summed E-state index contributed by atoms with van der Waals surface area (Å²) in [6, 6.07) is 7.52. The lowest BCUT2D eigenvalue weighted by atomic mass is 10.1. The first-order chi connectivity index (χ1) is 9.70. The number of aromatic nitrogens is 2.